The van der Waals surface area contributed by atoms with Crippen molar-refractivity contribution in [3.05, 3.63) is 24.3 Å². The van der Waals surface area contributed by atoms with Gasteiger partial charge in [-0.15, -0.1) is 0 Å². The van der Waals surface area contributed by atoms with Crippen LogP contribution in [0.3, 0.4) is 0 Å². The fraction of sp³-hybridized carbons (Fsp3) is 0.154. The molecule has 0 unspecified atom stereocenters. The molecule has 0 spiro atoms. The molecule has 1 aromatic carbocycles. The van der Waals surface area contributed by atoms with Crippen molar-refractivity contribution in [3.63, 3.8) is 0 Å². The Bertz CT molecular complexity index is 749. The normalized spacial score (nSPS) is 10.7. The van der Waals surface area contributed by atoms with E-state index >= 15 is 0 Å². The molecule has 0 saturated carbocycles. The lowest BCUT2D eigenvalue weighted by Crippen LogP contribution is -2.00. The number of nitrogens with zero attached hydrogens (tertiary/aromatic N) is 3. The van der Waals surface area contributed by atoms with E-state index in [1.807, 2.05) is 24.3 Å². The SMILES string of the molecule is CNc1nc(N)nc2[nH]c(-c3ccc(OC)cc3)nc12. The second-order valence-electron chi connectivity index (χ2n) is 4.19. The first-order chi connectivity index (χ1) is 9.71. The first-order valence-corrected chi connectivity index (χ1v) is 6.06. The van der Waals surface area contributed by atoms with Crippen LogP contribution in [0.1, 0.15) is 0 Å². The first-order valence-electron chi connectivity index (χ1n) is 6.06. The van der Waals surface area contributed by atoms with Crippen molar-refractivity contribution in [2.24, 2.45) is 0 Å². The van der Waals surface area contributed by atoms with Gasteiger partial charge in [0.2, 0.25) is 5.95 Å². The van der Waals surface area contributed by atoms with Crippen molar-refractivity contribution in [2.75, 3.05) is 25.2 Å². The third-order valence-corrected chi connectivity index (χ3v) is 2.96. The number of rotatable bonds is 3. The first kappa shape index (κ1) is 12.2. The number of nitrogens with two attached hydrogens (primary N) is 1. The van der Waals surface area contributed by atoms with Gasteiger partial charge in [-0.3, -0.25) is 0 Å². The molecule has 7 heteroatoms. The van der Waals surface area contributed by atoms with Crippen molar-refractivity contribution in [1.82, 2.24) is 19.9 Å². The molecule has 0 bridgehead atoms. The Hall–Kier alpha value is -2.83. The average molecular weight is 270 g/mol. The van der Waals surface area contributed by atoms with E-state index in [1.165, 1.54) is 0 Å². The molecule has 7 nitrogen and oxygen atoms in total. The van der Waals surface area contributed by atoms with E-state index in [0.717, 1.165) is 11.3 Å². The van der Waals surface area contributed by atoms with Crippen LogP contribution in [0.2, 0.25) is 0 Å². The number of aromatic nitrogens is 4. The topological polar surface area (TPSA) is 102 Å². The van der Waals surface area contributed by atoms with Crippen molar-refractivity contribution < 1.29 is 4.74 Å². The number of H-pyrrole nitrogens is 1. The number of anilines is 2. The summed E-state index contributed by atoms with van der Waals surface area (Å²) in [6, 6.07) is 7.60. The molecule has 3 rings (SSSR count). The van der Waals surface area contributed by atoms with E-state index < -0.39 is 0 Å². The van der Waals surface area contributed by atoms with Gasteiger partial charge in [-0.05, 0) is 24.3 Å². The van der Waals surface area contributed by atoms with Crippen LogP contribution in [0.4, 0.5) is 11.8 Å². The number of nitrogens with one attached hydrogen (secondary N) is 2. The molecular formula is C13H14N6O. The number of benzene rings is 1. The molecule has 0 atom stereocenters. The van der Waals surface area contributed by atoms with Crippen LogP contribution < -0.4 is 15.8 Å². The van der Waals surface area contributed by atoms with E-state index in [9.17, 15) is 0 Å². The van der Waals surface area contributed by atoms with Gasteiger partial charge in [0.25, 0.3) is 0 Å². The highest BCUT2D eigenvalue weighted by molar-refractivity contribution is 5.86. The summed E-state index contributed by atoms with van der Waals surface area (Å²) in [6.45, 7) is 0. The summed E-state index contributed by atoms with van der Waals surface area (Å²) in [5.41, 5.74) is 7.86. The smallest absolute Gasteiger partial charge is 0.224 e. The van der Waals surface area contributed by atoms with Crippen molar-refractivity contribution in [2.45, 2.75) is 0 Å². The van der Waals surface area contributed by atoms with Crippen LogP contribution in [-0.4, -0.2) is 34.1 Å². The third-order valence-electron chi connectivity index (χ3n) is 2.96. The van der Waals surface area contributed by atoms with Gasteiger partial charge in [0, 0.05) is 12.6 Å². The van der Waals surface area contributed by atoms with Gasteiger partial charge < -0.3 is 20.8 Å². The van der Waals surface area contributed by atoms with E-state index in [0.29, 0.717) is 22.8 Å². The molecule has 0 aliphatic carbocycles. The second kappa shape index (κ2) is 4.69. The Morgan fingerprint density at radius 3 is 2.55 bits per heavy atom. The standard InChI is InChI=1S/C13H14N6O/c1-15-11-9-12(19-13(14)18-11)17-10(16-9)7-3-5-8(20-2)6-4-7/h3-6H,1-2H3,(H4,14,15,16,17,18,19). The zero-order valence-electron chi connectivity index (χ0n) is 11.1. The van der Waals surface area contributed by atoms with Crippen molar-refractivity contribution >= 4 is 22.9 Å². The molecule has 2 heterocycles. The van der Waals surface area contributed by atoms with Gasteiger partial charge in [-0.25, -0.2) is 4.98 Å². The Kier molecular flexibility index (Phi) is 2.86. The van der Waals surface area contributed by atoms with E-state index in [2.05, 4.69) is 25.3 Å². The highest BCUT2D eigenvalue weighted by atomic mass is 16.5. The lowest BCUT2D eigenvalue weighted by molar-refractivity contribution is 0.415. The van der Waals surface area contributed by atoms with Gasteiger partial charge in [-0.1, -0.05) is 0 Å². The maximum Gasteiger partial charge on any atom is 0.224 e. The second-order valence-corrected chi connectivity index (χ2v) is 4.19. The Labute approximate surface area is 115 Å². The van der Waals surface area contributed by atoms with Crippen LogP contribution >= 0.6 is 0 Å². The molecule has 0 saturated heterocycles. The molecule has 102 valence electrons. The van der Waals surface area contributed by atoms with Gasteiger partial charge in [0.15, 0.2) is 17.0 Å². The molecule has 0 fully saturated rings. The number of aromatic amines is 1. The summed E-state index contributed by atoms with van der Waals surface area (Å²) in [5, 5.41) is 2.96. The number of fused-ring (bicyclic) bond motifs is 1. The minimum atomic E-state index is 0.201. The van der Waals surface area contributed by atoms with E-state index in [1.54, 1.807) is 14.2 Å². The summed E-state index contributed by atoms with van der Waals surface area (Å²) in [6.07, 6.45) is 0. The van der Waals surface area contributed by atoms with Gasteiger partial charge >= 0.3 is 0 Å². The molecule has 3 aromatic rings. The molecule has 2 aromatic heterocycles. The molecule has 0 aliphatic heterocycles. The molecular weight excluding hydrogens is 256 g/mol. The highest BCUT2D eigenvalue weighted by Crippen LogP contribution is 2.25. The molecule has 20 heavy (non-hydrogen) atoms. The predicted molar refractivity (Wildman–Crippen MR) is 77.6 cm³/mol. The number of ether oxygens (including phenoxy) is 1. The summed E-state index contributed by atoms with van der Waals surface area (Å²) < 4.78 is 5.14. The molecule has 0 amide bonds. The molecule has 0 aliphatic rings. The average Bonchev–Trinajstić information content (AvgIpc) is 2.90. The van der Waals surface area contributed by atoms with Crippen LogP contribution in [0.25, 0.3) is 22.6 Å². The summed E-state index contributed by atoms with van der Waals surface area (Å²) >= 11 is 0. The number of methoxy groups -OCH3 is 1. The maximum atomic E-state index is 5.66. The van der Waals surface area contributed by atoms with Crippen molar-refractivity contribution in [1.29, 1.82) is 0 Å². The highest BCUT2D eigenvalue weighted by Gasteiger charge is 2.12. The van der Waals surface area contributed by atoms with Crippen LogP contribution in [0.5, 0.6) is 5.75 Å². The van der Waals surface area contributed by atoms with Gasteiger partial charge in [-0.2, -0.15) is 9.97 Å². The number of imidazole rings is 1. The molecule has 0 radical (unpaired) electrons. The largest absolute Gasteiger partial charge is 0.497 e. The third kappa shape index (κ3) is 1.99. The quantitative estimate of drug-likeness (QED) is 0.669. The summed E-state index contributed by atoms with van der Waals surface area (Å²) in [7, 11) is 3.40. The lowest BCUT2D eigenvalue weighted by Gasteiger charge is -2.00. The maximum absolute atomic E-state index is 5.66. The number of nitrogen functional groups attached to an aromatic ring is 1. The summed E-state index contributed by atoms with van der Waals surface area (Å²) in [4.78, 5) is 15.9. The van der Waals surface area contributed by atoms with Crippen LogP contribution in [-0.2, 0) is 0 Å². The van der Waals surface area contributed by atoms with Crippen LogP contribution in [0, 0.1) is 0 Å². The zero-order chi connectivity index (χ0) is 14.1. The van der Waals surface area contributed by atoms with E-state index in [4.69, 9.17) is 10.5 Å². The monoisotopic (exact) mass is 270 g/mol. The Morgan fingerprint density at radius 2 is 1.90 bits per heavy atom. The van der Waals surface area contributed by atoms with Gasteiger partial charge in [0.1, 0.15) is 11.6 Å². The number of hydrogen-bond acceptors (Lipinski definition) is 6. The lowest BCUT2D eigenvalue weighted by atomic mass is 10.2. The Balaban J connectivity index is 2.12. The molecule has 4 N–H and O–H groups in total. The fourth-order valence-electron chi connectivity index (χ4n) is 1.98. The van der Waals surface area contributed by atoms with Crippen LogP contribution in [0.15, 0.2) is 24.3 Å². The summed E-state index contributed by atoms with van der Waals surface area (Å²) in [5.74, 6) is 2.30. The minimum absolute atomic E-state index is 0.201. The predicted octanol–water partition coefficient (Wildman–Crippen LogP) is 1.65. The Morgan fingerprint density at radius 1 is 1.15 bits per heavy atom. The fourth-order valence-corrected chi connectivity index (χ4v) is 1.98. The van der Waals surface area contributed by atoms with Crippen molar-refractivity contribution in [3.8, 4) is 17.1 Å². The zero-order valence-corrected chi connectivity index (χ0v) is 11.1. The van der Waals surface area contributed by atoms with Gasteiger partial charge in [0.05, 0.1) is 7.11 Å². The minimum Gasteiger partial charge on any atom is -0.497 e. The number of hydrogen-bond donors (Lipinski definition) is 3. The van der Waals surface area contributed by atoms with E-state index in [-0.39, 0.29) is 5.95 Å².